The predicted octanol–water partition coefficient (Wildman–Crippen LogP) is 1.78. The lowest BCUT2D eigenvalue weighted by molar-refractivity contribution is -0.910. The Morgan fingerprint density at radius 1 is 1.10 bits per heavy atom. The van der Waals surface area contributed by atoms with Gasteiger partial charge in [-0.25, -0.2) is 0 Å². The monoisotopic (exact) mass is 426 g/mol. The van der Waals surface area contributed by atoms with Gasteiger partial charge in [-0.2, -0.15) is 0 Å². The van der Waals surface area contributed by atoms with Crippen LogP contribution in [0.1, 0.15) is 31.4 Å². The molecule has 1 saturated heterocycles. The maximum atomic E-state index is 12.9. The van der Waals surface area contributed by atoms with Crippen molar-refractivity contribution in [2.45, 2.75) is 25.8 Å². The van der Waals surface area contributed by atoms with Crippen LogP contribution in [0.2, 0.25) is 0 Å². The van der Waals surface area contributed by atoms with Crippen LogP contribution in [-0.4, -0.2) is 45.2 Å². The van der Waals surface area contributed by atoms with E-state index >= 15 is 0 Å². The molecular formula is C23H28N3O5+. The number of rotatable bonds is 6. The van der Waals surface area contributed by atoms with Gasteiger partial charge in [-0.05, 0) is 36.4 Å². The third kappa shape index (κ3) is 4.91. The normalized spacial score (nSPS) is 19.5. The topological polar surface area (TPSA) is 90.3 Å². The molecule has 0 bridgehead atoms. The maximum Gasteiger partial charge on any atom is 0.279 e. The molecule has 2 amide bonds. The second-order valence-electron chi connectivity index (χ2n) is 7.83. The van der Waals surface area contributed by atoms with Crippen molar-refractivity contribution >= 4 is 23.2 Å². The fourth-order valence-electron chi connectivity index (χ4n) is 4.29. The molecule has 1 unspecified atom stereocenters. The highest BCUT2D eigenvalue weighted by Gasteiger charge is 2.32. The van der Waals surface area contributed by atoms with E-state index in [4.69, 9.17) is 14.2 Å². The Hall–Kier alpha value is -3.26. The zero-order valence-corrected chi connectivity index (χ0v) is 17.8. The minimum atomic E-state index is -0.175. The van der Waals surface area contributed by atoms with Crippen LogP contribution in [0.4, 0.5) is 11.4 Å². The van der Waals surface area contributed by atoms with E-state index in [0.29, 0.717) is 36.9 Å². The van der Waals surface area contributed by atoms with Crippen molar-refractivity contribution in [2.75, 3.05) is 44.0 Å². The van der Waals surface area contributed by atoms with Gasteiger partial charge < -0.3 is 29.7 Å². The van der Waals surface area contributed by atoms with E-state index < -0.39 is 0 Å². The first-order valence-electron chi connectivity index (χ1n) is 10.5. The SMILES string of the molecule is COc1ccc(NC(C)=O)cc1NC(=O)C[NH+]1CCC[C@H]1c1ccc2c(c1)OCCO2. The van der Waals surface area contributed by atoms with E-state index in [9.17, 15) is 9.59 Å². The van der Waals surface area contributed by atoms with Crippen LogP contribution < -0.4 is 29.7 Å². The van der Waals surface area contributed by atoms with Crippen LogP contribution >= 0.6 is 0 Å². The minimum Gasteiger partial charge on any atom is -0.495 e. The van der Waals surface area contributed by atoms with Gasteiger partial charge in [0, 0.05) is 31.0 Å². The summed E-state index contributed by atoms with van der Waals surface area (Å²) in [5, 5.41) is 5.67. The highest BCUT2D eigenvalue weighted by molar-refractivity contribution is 5.95. The summed E-state index contributed by atoms with van der Waals surface area (Å²) in [4.78, 5) is 25.4. The molecule has 31 heavy (non-hydrogen) atoms. The minimum absolute atomic E-state index is 0.0993. The molecule has 2 heterocycles. The molecule has 0 aliphatic carbocycles. The van der Waals surface area contributed by atoms with Crippen LogP contribution in [0.15, 0.2) is 36.4 Å². The largest absolute Gasteiger partial charge is 0.495 e. The molecule has 0 saturated carbocycles. The van der Waals surface area contributed by atoms with Gasteiger partial charge in [0.2, 0.25) is 5.91 Å². The smallest absolute Gasteiger partial charge is 0.279 e. The zero-order chi connectivity index (χ0) is 21.8. The number of anilines is 2. The van der Waals surface area contributed by atoms with Gasteiger partial charge >= 0.3 is 0 Å². The van der Waals surface area contributed by atoms with E-state index in [-0.39, 0.29) is 17.9 Å². The summed E-state index contributed by atoms with van der Waals surface area (Å²) in [6.45, 7) is 3.83. The number of quaternary nitrogens is 1. The van der Waals surface area contributed by atoms with Gasteiger partial charge in [0.1, 0.15) is 25.0 Å². The molecule has 4 rings (SSSR count). The highest BCUT2D eigenvalue weighted by Crippen LogP contribution is 2.33. The van der Waals surface area contributed by atoms with Gasteiger partial charge in [0.15, 0.2) is 18.0 Å². The van der Waals surface area contributed by atoms with Crippen LogP contribution in [0.25, 0.3) is 0 Å². The second kappa shape index (κ2) is 9.26. The van der Waals surface area contributed by atoms with Crippen LogP contribution in [0, 0.1) is 0 Å². The van der Waals surface area contributed by atoms with Crippen LogP contribution in [0.3, 0.4) is 0 Å². The molecule has 2 aromatic carbocycles. The number of fused-ring (bicyclic) bond motifs is 1. The Morgan fingerprint density at radius 3 is 2.68 bits per heavy atom. The fourth-order valence-corrected chi connectivity index (χ4v) is 4.29. The molecule has 3 N–H and O–H groups in total. The van der Waals surface area contributed by atoms with Crippen molar-refractivity contribution in [3.63, 3.8) is 0 Å². The first-order valence-corrected chi connectivity index (χ1v) is 10.5. The number of benzene rings is 2. The lowest BCUT2D eigenvalue weighted by Crippen LogP contribution is -3.11. The average Bonchev–Trinajstić information content (AvgIpc) is 3.21. The Balaban J connectivity index is 1.45. The molecule has 2 aromatic rings. The Labute approximate surface area is 181 Å². The predicted molar refractivity (Wildman–Crippen MR) is 116 cm³/mol. The second-order valence-corrected chi connectivity index (χ2v) is 7.83. The number of hydrogen-bond acceptors (Lipinski definition) is 5. The van der Waals surface area contributed by atoms with E-state index in [2.05, 4.69) is 16.7 Å². The number of amides is 2. The quantitative estimate of drug-likeness (QED) is 0.655. The van der Waals surface area contributed by atoms with Gasteiger partial charge in [-0.3, -0.25) is 9.59 Å². The van der Waals surface area contributed by atoms with Gasteiger partial charge in [0.05, 0.1) is 19.3 Å². The zero-order valence-electron chi connectivity index (χ0n) is 17.8. The third-order valence-corrected chi connectivity index (χ3v) is 5.63. The maximum absolute atomic E-state index is 12.9. The number of methoxy groups -OCH3 is 1. The van der Waals surface area contributed by atoms with Crippen molar-refractivity contribution in [1.29, 1.82) is 0 Å². The Morgan fingerprint density at radius 2 is 1.90 bits per heavy atom. The third-order valence-electron chi connectivity index (χ3n) is 5.63. The first-order chi connectivity index (χ1) is 15.0. The van der Waals surface area contributed by atoms with Gasteiger partial charge in [-0.15, -0.1) is 0 Å². The molecule has 8 nitrogen and oxygen atoms in total. The van der Waals surface area contributed by atoms with Crippen molar-refractivity contribution in [3.05, 3.63) is 42.0 Å². The van der Waals surface area contributed by atoms with Crippen molar-refractivity contribution in [2.24, 2.45) is 0 Å². The average molecular weight is 426 g/mol. The summed E-state index contributed by atoms with van der Waals surface area (Å²) < 4.78 is 16.7. The number of likely N-dealkylation sites (tertiary alicyclic amines) is 1. The highest BCUT2D eigenvalue weighted by atomic mass is 16.6. The molecule has 2 atom stereocenters. The number of carbonyl (C=O) groups is 2. The van der Waals surface area contributed by atoms with Crippen LogP contribution in [0.5, 0.6) is 17.2 Å². The summed E-state index contributed by atoms with van der Waals surface area (Å²) in [5.74, 6) is 1.82. The first kappa shape index (κ1) is 21.0. The number of ether oxygens (including phenoxy) is 3. The lowest BCUT2D eigenvalue weighted by atomic mass is 10.0. The standard InChI is InChI=1S/C23H27N3O5/c1-15(27)24-17-6-8-20(29-2)18(13-17)25-23(28)14-26-9-3-4-19(26)16-5-7-21-22(12-16)31-11-10-30-21/h5-8,12-13,19H,3-4,9-11,14H2,1-2H3,(H,24,27)(H,25,28)/p+1/t19-/m0/s1. The number of hydrogen-bond donors (Lipinski definition) is 3. The van der Waals surface area contributed by atoms with Crippen LogP contribution in [-0.2, 0) is 9.59 Å². The molecule has 1 fully saturated rings. The van der Waals surface area contributed by atoms with E-state index in [1.807, 2.05) is 12.1 Å². The van der Waals surface area contributed by atoms with E-state index in [1.54, 1.807) is 25.3 Å². The molecule has 0 aromatic heterocycles. The molecule has 8 heteroatoms. The van der Waals surface area contributed by atoms with Gasteiger partial charge in [-0.1, -0.05) is 0 Å². The molecule has 0 radical (unpaired) electrons. The summed E-state index contributed by atoms with van der Waals surface area (Å²) in [5.41, 5.74) is 2.30. The summed E-state index contributed by atoms with van der Waals surface area (Å²) in [6, 6.07) is 11.5. The van der Waals surface area contributed by atoms with Crippen molar-refractivity contribution < 1.29 is 28.7 Å². The summed E-state index contributed by atoms with van der Waals surface area (Å²) in [6.07, 6.45) is 2.08. The van der Waals surface area contributed by atoms with Crippen molar-refractivity contribution in [3.8, 4) is 17.2 Å². The number of nitrogens with one attached hydrogen (secondary N) is 3. The Bertz CT molecular complexity index is 978. The molecule has 2 aliphatic heterocycles. The molecular weight excluding hydrogens is 398 g/mol. The van der Waals surface area contributed by atoms with Crippen molar-refractivity contribution in [1.82, 2.24) is 0 Å². The lowest BCUT2D eigenvalue weighted by Gasteiger charge is -2.24. The molecule has 164 valence electrons. The number of carbonyl (C=O) groups excluding carboxylic acids is 2. The molecule has 0 spiro atoms. The Kier molecular flexibility index (Phi) is 6.27. The molecule has 2 aliphatic rings. The summed E-state index contributed by atoms with van der Waals surface area (Å²) in [7, 11) is 1.55. The van der Waals surface area contributed by atoms with E-state index in [1.165, 1.54) is 11.8 Å². The fraction of sp³-hybridized carbons (Fsp3) is 0.391. The van der Waals surface area contributed by atoms with E-state index in [0.717, 1.165) is 36.4 Å². The van der Waals surface area contributed by atoms with Gasteiger partial charge in [0.25, 0.3) is 5.91 Å². The summed E-state index contributed by atoms with van der Waals surface area (Å²) >= 11 is 0.